The number of aromatic amines is 1. The minimum absolute atomic E-state index is 0.148. The quantitative estimate of drug-likeness (QED) is 0.0562. The van der Waals surface area contributed by atoms with Crippen molar-refractivity contribution in [2.75, 3.05) is 51.5 Å². The fourth-order valence-electron chi connectivity index (χ4n) is 12.0. The first-order valence-corrected chi connectivity index (χ1v) is 27.5. The van der Waals surface area contributed by atoms with E-state index in [9.17, 15) is 14.7 Å². The van der Waals surface area contributed by atoms with E-state index in [0.717, 1.165) is 93.4 Å². The molecule has 4 fully saturated rings. The van der Waals surface area contributed by atoms with Gasteiger partial charge in [-0.15, -0.1) is 5.10 Å². The summed E-state index contributed by atoms with van der Waals surface area (Å²) in [5.74, 6) is 0.467. The summed E-state index contributed by atoms with van der Waals surface area (Å²) in [7, 11) is 1.62. The molecule has 3 saturated heterocycles. The number of halogens is 1. The number of methoxy groups -OCH3 is 1. The Kier molecular flexibility index (Phi) is 14.3. The summed E-state index contributed by atoms with van der Waals surface area (Å²) < 4.78 is 36.3. The lowest BCUT2D eigenvalue weighted by molar-refractivity contribution is -0.142. The van der Waals surface area contributed by atoms with Crippen LogP contribution in [0.4, 0.5) is 10.2 Å². The molecule has 19 heteroatoms. The van der Waals surface area contributed by atoms with E-state index < -0.39 is 18.1 Å². The van der Waals surface area contributed by atoms with Gasteiger partial charge in [-0.1, -0.05) is 67.6 Å². The predicted octanol–water partition coefficient (Wildman–Crippen LogP) is 8.32. The largest absolute Gasteiger partial charge is 0.486 e. The van der Waals surface area contributed by atoms with Gasteiger partial charge in [0.2, 0.25) is 11.8 Å². The summed E-state index contributed by atoms with van der Waals surface area (Å²) in [6, 6.07) is 20.0. The number of piperazine rings is 1. The molecule has 0 spiro atoms. The standard InChI is InChI=1S/C60H65FN12O6/c1-33(2)55(59(76)71-20-6-7-51(71)58(75)65-50(31-74)40-16-14-37(15-17-40)43-18-19-62-26-34(43)3)73-30-49(69-70-73)39-10-8-36(9-11-39)32-79-56-53(52-35(4)47(61)25-48-46(52)28-64-68-48)44(38-12-13-38)24-45-54(56)66-60(78-22-21-77-5)67-57(45)72-29-41-23-42(72)27-63-41/h8-11,14-19,24-26,28,30,33,38,41-42,50-51,55,63,74H,6-7,12-13,20-23,27,29,31-32H2,1-5H3,(H,64,68)(H,65,75)/t41-,42-,50-,51-,55-/m0/s1. The predicted molar refractivity (Wildman–Crippen MR) is 297 cm³/mol. The maximum Gasteiger partial charge on any atom is 0.319 e. The van der Waals surface area contributed by atoms with Crippen LogP contribution in [0.25, 0.3) is 55.3 Å². The molecule has 4 aromatic carbocycles. The third-order valence-electron chi connectivity index (χ3n) is 16.3. The van der Waals surface area contributed by atoms with E-state index in [2.05, 4.69) is 47.1 Å². The van der Waals surface area contributed by atoms with E-state index >= 15 is 4.39 Å². The number of nitrogens with one attached hydrogen (secondary N) is 3. The third-order valence-corrected chi connectivity index (χ3v) is 16.3. The first-order valence-electron chi connectivity index (χ1n) is 27.5. The van der Waals surface area contributed by atoms with Gasteiger partial charge in [0.1, 0.15) is 48.1 Å². The number of likely N-dealkylation sites (tertiary alicyclic amines) is 1. The zero-order valence-corrected chi connectivity index (χ0v) is 45.1. The fourth-order valence-corrected chi connectivity index (χ4v) is 12.0. The molecule has 18 nitrogen and oxygen atoms in total. The highest BCUT2D eigenvalue weighted by molar-refractivity contribution is 6.06. The molecular formula is C60H65FN12O6. The number of H-pyrrole nitrogens is 1. The van der Waals surface area contributed by atoms with Crippen LogP contribution in [0.5, 0.6) is 11.8 Å². The molecule has 4 aliphatic rings. The number of benzene rings is 4. The number of aryl methyl sites for hydroxylation is 1. The van der Waals surface area contributed by atoms with Gasteiger partial charge in [0.05, 0.1) is 37.2 Å². The van der Waals surface area contributed by atoms with Crippen LogP contribution >= 0.6 is 0 Å². The lowest BCUT2D eigenvalue weighted by Crippen LogP contribution is -2.50. The number of aliphatic hydroxyl groups excluding tert-OH is 1. The van der Waals surface area contributed by atoms with Crippen LogP contribution in [0.2, 0.25) is 0 Å². The number of aliphatic hydroxyl groups is 1. The SMILES string of the molecule is COCCOc1nc(N2C[C@@H]3C[C@H]2CN3)c2cc(C3CC3)c(-c3c(C)c(F)cc4[nH]ncc34)c(OCc3ccc(-c4cn([C@H](C(=O)N5CCC[C@H]5C(=O)N[C@@H](CO)c5ccc(-c6ccncc6C)cc5)C(C)C)nn4)cc3)c2n1. The van der Waals surface area contributed by atoms with Crippen LogP contribution in [-0.4, -0.2) is 127 Å². The number of fused-ring (bicyclic) bond motifs is 4. The summed E-state index contributed by atoms with van der Waals surface area (Å²) in [4.78, 5) is 47.0. The molecule has 5 atom stereocenters. The van der Waals surface area contributed by atoms with Crippen molar-refractivity contribution in [3.63, 3.8) is 0 Å². The maximum atomic E-state index is 16.1. The van der Waals surface area contributed by atoms with E-state index in [1.807, 2.05) is 81.6 Å². The number of amides is 2. The molecule has 7 heterocycles. The fraction of sp³-hybridized carbons (Fsp3) is 0.400. The third kappa shape index (κ3) is 10.0. The highest BCUT2D eigenvalue weighted by Gasteiger charge is 2.42. The number of aromatic nitrogens is 8. The van der Waals surface area contributed by atoms with Gasteiger partial charge < -0.3 is 39.8 Å². The van der Waals surface area contributed by atoms with Crippen molar-refractivity contribution in [3.8, 4) is 45.3 Å². The number of rotatable bonds is 19. The van der Waals surface area contributed by atoms with E-state index in [0.29, 0.717) is 65.6 Å². The number of carbonyl (C=O) groups is 2. The second kappa shape index (κ2) is 21.8. The number of nitrogens with zero attached hydrogens (tertiary/aromatic N) is 9. The molecular weight excluding hydrogens is 1000 g/mol. The van der Waals surface area contributed by atoms with Gasteiger partial charge in [0, 0.05) is 78.7 Å². The van der Waals surface area contributed by atoms with Crippen molar-refractivity contribution in [3.05, 3.63) is 125 Å². The van der Waals surface area contributed by atoms with Gasteiger partial charge in [-0.2, -0.15) is 15.1 Å². The van der Waals surface area contributed by atoms with Crippen LogP contribution in [0.3, 0.4) is 0 Å². The highest BCUT2D eigenvalue weighted by atomic mass is 19.1. The minimum atomic E-state index is -0.729. The van der Waals surface area contributed by atoms with E-state index in [1.54, 1.807) is 42.2 Å². The molecule has 4 N–H and O–H groups in total. The smallest absolute Gasteiger partial charge is 0.319 e. The van der Waals surface area contributed by atoms with Crippen molar-refractivity contribution in [2.24, 2.45) is 5.92 Å². The van der Waals surface area contributed by atoms with Gasteiger partial charge in [0.15, 0.2) is 5.75 Å². The van der Waals surface area contributed by atoms with Crippen molar-refractivity contribution < 1.29 is 33.3 Å². The van der Waals surface area contributed by atoms with Crippen molar-refractivity contribution in [1.29, 1.82) is 0 Å². The maximum absolute atomic E-state index is 16.1. The molecule has 3 aliphatic heterocycles. The van der Waals surface area contributed by atoms with Crippen molar-refractivity contribution >= 4 is 39.4 Å². The Morgan fingerprint density at radius 2 is 1.75 bits per heavy atom. The summed E-state index contributed by atoms with van der Waals surface area (Å²) in [6.07, 6.45) is 11.3. The van der Waals surface area contributed by atoms with Crippen LogP contribution < -0.4 is 25.0 Å². The van der Waals surface area contributed by atoms with Crippen LogP contribution in [0.15, 0.2) is 91.5 Å². The second-order valence-electron chi connectivity index (χ2n) is 21.9. The molecule has 408 valence electrons. The zero-order valence-electron chi connectivity index (χ0n) is 45.1. The zero-order chi connectivity index (χ0) is 54.5. The average Bonchev–Trinajstić information content (AvgIpc) is 4.28. The normalized spacial score (nSPS) is 18.8. The van der Waals surface area contributed by atoms with E-state index in [1.165, 1.54) is 6.07 Å². The molecule has 2 bridgehead atoms. The number of ether oxygens (including phenoxy) is 3. The Balaban J connectivity index is 0.811. The number of hydrogen-bond donors (Lipinski definition) is 4. The lowest BCUT2D eigenvalue weighted by Gasteiger charge is -2.30. The van der Waals surface area contributed by atoms with E-state index in [-0.39, 0.29) is 61.3 Å². The molecule has 0 unspecified atom stereocenters. The highest BCUT2D eigenvalue weighted by Crippen LogP contribution is 2.53. The monoisotopic (exact) mass is 1070 g/mol. The van der Waals surface area contributed by atoms with Gasteiger partial charge in [-0.05, 0) is 115 Å². The van der Waals surface area contributed by atoms with E-state index in [4.69, 9.17) is 24.2 Å². The topological polar surface area (TPSA) is 211 Å². The van der Waals surface area contributed by atoms with Gasteiger partial charge in [-0.25, -0.2) is 9.07 Å². The van der Waals surface area contributed by atoms with Crippen molar-refractivity contribution in [2.45, 2.75) is 103 Å². The molecule has 12 rings (SSSR count). The lowest BCUT2D eigenvalue weighted by atomic mass is 9.88. The second-order valence-corrected chi connectivity index (χ2v) is 21.9. The average molecular weight is 1070 g/mol. The summed E-state index contributed by atoms with van der Waals surface area (Å²) in [6.45, 7) is 10.3. The number of hydrogen-bond acceptors (Lipinski definition) is 14. The Morgan fingerprint density at radius 1 is 0.937 bits per heavy atom. The number of anilines is 1. The van der Waals surface area contributed by atoms with Gasteiger partial charge in [-0.3, -0.25) is 19.7 Å². The Morgan fingerprint density at radius 3 is 2.47 bits per heavy atom. The van der Waals surface area contributed by atoms with Gasteiger partial charge >= 0.3 is 6.01 Å². The molecule has 0 radical (unpaired) electrons. The molecule has 4 aromatic heterocycles. The minimum Gasteiger partial charge on any atom is -0.486 e. The summed E-state index contributed by atoms with van der Waals surface area (Å²) in [5.41, 5.74) is 10.3. The van der Waals surface area contributed by atoms with Crippen LogP contribution in [0, 0.1) is 25.6 Å². The number of carbonyl (C=O) groups excluding carboxylic acids is 2. The molecule has 1 aliphatic carbocycles. The summed E-state index contributed by atoms with van der Waals surface area (Å²) >= 11 is 0. The Labute approximate surface area is 457 Å². The van der Waals surface area contributed by atoms with Crippen LogP contribution in [-0.2, 0) is 20.9 Å². The Bertz CT molecular complexity index is 3560. The van der Waals surface area contributed by atoms with Crippen molar-refractivity contribution in [1.82, 2.24) is 55.7 Å². The molecule has 79 heavy (non-hydrogen) atoms. The summed E-state index contributed by atoms with van der Waals surface area (Å²) in [5, 5.41) is 35.1. The number of pyridine rings is 1. The van der Waals surface area contributed by atoms with Gasteiger partial charge in [0.25, 0.3) is 0 Å². The molecule has 1 saturated carbocycles. The Hall–Kier alpha value is -7.87. The van der Waals surface area contributed by atoms with Crippen LogP contribution in [0.1, 0.15) is 91.8 Å². The first kappa shape index (κ1) is 51.9. The molecule has 8 aromatic rings. The molecule has 2 amide bonds. The first-order chi connectivity index (χ1) is 38.5.